The van der Waals surface area contributed by atoms with Crippen LogP contribution in [-0.2, 0) is 4.74 Å². The summed E-state index contributed by atoms with van der Waals surface area (Å²) in [5.41, 5.74) is -3.29. The zero-order valence-electron chi connectivity index (χ0n) is 15.2. The minimum atomic E-state index is -1.78. The van der Waals surface area contributed by atoms with Crippen LogP contribution in [0.15, 0.2) is 30.3 Å². The second-order valence-electron chi connectivity index (χ2n) is 6.35. The van der Waals surface area contributed by atoms with Crippen molar-refractivity contribution < 1.29 is 39.2 Å². The van der Waals surface area contributed by atoms with Crippen LogP contribution < -0.4 is 0 Å². The molecule has 0 aliphatic carbocycles. The monoisotopic (exact) mass is 389 g/mol. The maximum atomic E-state index is 12.7. The van der Waals surface area contributed by atoms with Gasteiger partial charge in [-0.05, 0) is 24.5 Å². The molecule has 3 N–H and O–H groups in total. The van der Waals surface area contributed by atoms with Gasteiger partial charge in [-0.1, -0.05) is 32.0 Å². The molecule has 0 amide bonds. The van der Waals surface area contributed by atoms with Gasteiger partial charge >= 0.3 is 23.9 Å². The number of ether oxygens (including phenoxy) is 1. The first-order valence-electron chi connectivity index (χ1n) is 8.37. The molecule has 0 saturated carbocycles. The summed E-state index contributed by atoms with van der Waals surface area (Å²) in [6.45, 7) is 3.77. The fourth-order valence-corrected chi connectivity index (χ4v) is 2.68. The van der Waals surface area contributed by atoms with Crippen molar-refractivity contribution in [2.75, 3.05) is 6.61 Å². The van der Waals surface area contributed by atoms with Crippen LogP contribution >= 0.6 is 0 Å². The number of aromatic nitrogens is 1. The van der Waals surface area contributed by atoms with Gasteiger partial charge in [-0.25, -0.2) is 19.2 Å². The summed E-state index contributed by atoms with van der Waals surface area (Å²) in [4.78, 5) is 47.9. The van der Waals surface area contributed by atoms with Gasteiger partial charge in [-0.3, -0.25) is 4.57 Å². The SMILES string of the molecule is CC(C)CCOC(=O)c1c(C(=O)O)c(C(=O)O)c(C(=O)O)n1-c1ccccc1. The maximum absolute atomic E-state index is 12.7. The van der Waals surface area contributed by atoms with Crippen molar-refractivity contribution in [3.05, 3.63) is 52.8 Å². The van der Waals surface area contributed by atoms with E-state index in [4.69, 9.17) is 4.74 Å². The van der Waals surface area contributed by atoms with Gasteiger partial charge in [0.15, 0.2) is 0 Å². The summed E-state index contributed by atoms with van der Waals surface area (Å²) >= 11 is 0. The third-order valence-corrected chi connectivity index (χ3v) is 3.94. The van der Waals surface area contributed by atoms with Crippen LogP contribution in [0, 0.1) is 5.92 Å². The Morgan fingerprint density at radius 2 is 1.43 bits per heavy atom. The van der Waals surface area contributed by atoms with Crippen molar-refractivity contribution in [3.8, 4) is 5.69 Å². The number of carbonyl (C=O) groups is 4. The number of carboxylic acid groups (broad SMARTS) is 3. The number of carboxylic acids is 3. The summed E-state index contributed by atoms with van der Waals surface area (Å²) in [5.74, 6) is -6.12. The molecule has 0 aliphatic heterocycles. The highest BCUT2D eigenvalue weighted by atomic mass is 16.5. The van der Waals surface area contributed by atoms with E-state index in [1.807, 2.05) is 13.8 Å². The fraction of sp³-hybridized carbons (Fsp3) is 0.263. The first kappa shape index (κ1) is 20.7. The van der Waals surface area contributed by atoms with E-state index in [0.717, 1.165) is 4.57 Å². The Morgan fingerprint density at radius 3 is 1.89 bits per heavy atom. The lowest BCUT2D eigenvalue weighted by atomic mass is 10.1. The van der Waals surface area contributed by atoms with E-state index in [2.05, 4.69) is 0 Å². The molecule has 9 heteroatoms. The van der Waals surface area contributed by atoms with Gasteiger partial charge in [-0.2, -0.15) is 0 Å². The third-order valence-electron chi connectivity index (χ3n) is 3.94. The molecule has 0 saturated heterocycles. The first-order valence-corrected chi connectivity index (χ1v) is 8.37. The lowest BCUT2D eigenvalue weighted by molar-refractivity contribution is 0.0468. The average molecular weight is 389 g/mol. The van der Waals surface area contributed by atoms with Crippen LogP contribution in [0.2, 0.25) is 0 Å². The molecule has 28 heavy (non-hydrogen) atoms. The highest BCUT2D eigenvalue weighted by Crippen LogP contribution is 2.29. The zero-order valence-corrected chi connectivity index (χ0v) is 15.2. The van der Waals surface area contributed by atoms with Crippen LogP contribution in [0.1, 0.15) is 62.0 Å². The quantitative estimate of drug-likeness (QED) is 0.585. The van der Waals surface area contributed by atoms with Gasteiger partial charge in [0.2, 0.25) is 0 Å². The summed E-state index contributed by atoms with van der Waals surface area (Å²) in [6.07, 6.45) is 0.498. The number of aromatic carboxylic acids is 3. The predicted octanol–water partition coefficient (Wildman–Crippen LogP) is 2.77. The Kier molecular flexibility index (Phi) is 6.19. The Hall–Kier alpha value is -3.62. The lowest BCUT2D eigenvalue weighted by Crippen LogP contribution is -2.18. The van der Waals surface area contributed by atoms with Gasteiger partial charge in [0, 0.05) is 5.69 Å². The smallest absolute Gasteiger partial charge is 0.356 e. The van der Waals surface area contributed by atoms with Crippen molar-refractivity contribution in [2.24, 2.45) is 5.92 Å². The molecule has 9 nitrogen and oxygen atoms in total. The molecule has 0 radical (unpaired) electrons. The molecule has 148 valence electrons. The second kappa shape index (κ2) is 8.38. The van der Waals surface area contributed by atoms with E-state index in [-0.39, 0.29) is 18.2 Å². The van der Waals surface area contributed by atoms with Gasteiger partial charge < -0.3 is 20.1 Å². The molecule has 0 bridgehead atoms. The number of para-hydroxylation sites is 1. The normalized spacial score (nSPS) is 10.7. The molecule has 2 rings (SSSR count). The number of hydrogen-bond donors (Lipinski definition) is 3. The summed E-state index contributed by atoms with van der Waals surface area (Å²) in [7, 11) is 0. The second-order valence-corrected chi connectivity index (χ2v) is 6.35. The lowest BCUT2D eigenvalue weighted by Gasteiger charge is -2.12. The van der Waals surface area contributed by atoms with Crippen LogP contribution in [0.25, 0.3) is 5.69 Å². The number of esters is 1. The third kappa shape index (κ3) is 4.03. The molecule has 2 aromatic rings. The van der Waals surface area contributed by atoms with Crippen molar-refractivity contribution in [2.45, 2.75) is 20.3 Å². The van der Waals surface area contributed by atoms with Gasteiger partial charge in [0.05, 0.1) is 6.61 Å². The van der Waals surface area contributed by atoms with Crippen LogP contribution in [0.4, 0.5) is 0 Å². The van der Waals surface area contributed by atoms with E-state index in [1.165, 1.54) is 24.3 Å². The van der Waals surface area contributed by atoms with Crippen molar-refractivity contribution in [1.29, 1.82) is 0 Å². The summed E-state index contributed by atoms with van der Waals surface area (Å²) in [5, 5.41) is 28.6. The zero-order chi connectivity index (χ0) is 21.0. The van der Waals surface area contributed by atoms with E-state index in [9.17, 15) is 34.5 Å². The van der Waals surface area contributed by atoms with E-state index < -0.39 is 46.4 Å². The molecular weight excluding hydrogens is 370 g/mol. The van der Waals surface area contributed by atoms with E-state index >= 15 is 0 Å². The number of nitrogens with zero attached hydrogens (tertiary/aromatic N) is 1. The Morgan fingerprint density at radius 1 is 0.893 bits per heavy atom. The molecule has 1 heterocycles. The molecule has 1 aromatic heterocycles. The molecule has 0 spiro atoms. The number of rotatable bonds is 8. The number of hydrogen-bond acceptors (Lipinski definition) is 5. The standard InChI is InChI=1S/C19H19NO8/c1-10(2)8-9-28-19(27)15-13(17(23)24)12(16(21)22)14(18(25)26)20(15)11-6-4-3-5-7-11/h3-7,10H,8-9H2,1-2H3,(H,21,22)(H,23,24)(H,25,26). The molecule has 0 atom stereocenters. The Bertz CT molecular complexity index is 927. The highest BCUT2D eigenvalue weighted by Gasteiger charge is 2.38. The molecule has 0 fully saturated rings. The summed E-state index contributed by atoms with van der Waals surface area (Å²) in [6, 6.07) is 7.55. The van der Waals surface area contributed by atoms with Crippen molar-refractivity contribution in [3.63, 3.8) is 0 Å². The predicted molar refractivity (Wildman–Crippen MR) is 96.4 cm³/mol. The van der Waals surface area contributed by atoms with E-state index in [1.54, 1.807) is 6.07 Å². The molecule has 0 unspecified atom stereocenters. The van der Waals surface area contributed by atoms with Crippen molar-refractivity contribution in [1.82, 2.24) is 4.57 Å². The number of benzene rings is 1. The molecule has 0 aliphatic rings. The fourth-order valence-electron chi connectivity index (χ4n) is 2.68. The highest BCUT2D eigenvalue weighted by molar-refractivity contribution is 6.14. The minimum absolute atomic E-state index is 0.0274. The van der Waals surface area contributed by atoms with Gasteiger partial charge in [0.25, 0.3) is 0 Å². The van der Waals surface area contributed by atoms with Crippen LogP contribution in [-0.4, -0.2) is 50.4 Å². The van der Waals surface area contributed by atoms with Crippen LogP contribution in [0.3, 0.4) is 0 Å². The average Bonchev–Trinajstić information content (AvgIpc) is 2.99. The Labute approximate surface area is 159 Å². The van der Waals surface area contributed by atoms with Gasteiger partial charge in [0.1, 0.15) is 22.5 Å². The number of carbonyl (C=O) groups excluding carboxylic acids is 1. The Balaban J connectivity index is 2.81. The summed E-state index contributed by atoms with van der Waals surface area (Å²) < 4.78 is 5.91. The van der Waals surface area contributed by atoms with Crippen molar-refractivity contribution >= 4 is 23.9 Å². The topological polar surface area (TPSA) is 143 Å². The molecule has 1 aromatic carbocycles. The largest absolute Gasteiger partial charge is 0.478 e. The van der Waals surface area contributed by atoms with Gasteiger partial charge in [-0.15, -0.1) is 0 Å². The minimum Gasteiger partial charge on any atom is -0.478 e. The first-order chi connectivity index (χ1) is 13.2. The van der Waals surface area contributed by atoms with E-state index in [0.29, 0.717) is 6.42 Å². The maximum Gasteiger partial charge on any atom is 0.356 e. The molecular formula is C19H19NO8. The van der Waals surface area contributed by atoms with Crippen LogP contribution in [0.5, 0.6) is 0 Å².